The highest BCUT2D eigenvalue weighted by Gasteiger charge is 2.50. The molecule has 1 fully saturated rings. The molecule has 0 radical (unpaired) electrons. The Kier molecular flexibility index (Phi) is 7.34. The van der Waals surface area contributed by atoms with Gasteiger partial charge in [-0.25, -0.2) is 0 Å². The first-order chi connectivity index (χ1) is 11.0. The molecule has 0 saturated heterocycles. The van der Waals surface area contributed by atoms with Gasteiger partial charge in [0.15, 0.2) is 0 Å². The Morgan fingerprint density at radius 1 is 1.08 bits per heavy atom. The van der Waals surface area contributed by atoms with E-state index in [-0.39, 0.29) is 11.6 Å². The summed E-state index contributed by atoms with van der Waals surface area (Å²) in [5.74, 6) is 0.796. The molecule has 0 aliphatic heterocycles. The van der Waals surface area contributed by atoms with Crippen molar-refractivity contribution >= 4 is 5.97 Å². The first kappa shape index (κ1) is 21.5. The molecule has 0 amide bonds. The van der Waals surface area contributed by atoms with E-state index in [1.165, 1.54) is 32.1 Å². The van der Waals surface area contributed by atoms with Crippen LogP contribution in [-0.2, 0) is 9.53 Å². The van der Waals surface area contributed by atoms with Crippen molar-refractivity contribution in [2.75, 3.05) is 0 Å². The Bertz CT molecular complexity index is 401. The third-order valence-electron chi connectivity index (χ3n) is 6.53. The van der Waals surface area contributed by atoms with E-state index in [0.717, 1.165) is 19.3 Å². The number of rotatable bonds is 8. The van der Waals surface area contributed by atoms with E-state index in [2.05, 4.69) is 27.7 Å². The molecule has 1 aliphatic rings. The van der Waals surface area contributed by atoms with Crippen LogP contribution >= 0.6 is 0 Å². The van der Waals surface area contributed by atoms with E-state index in [1.54, 1.807) is 0 Å². The minimum Gasteiger partial charge on any atom is -0.458 e. The van der Waals surface area contributed by atoms with Crippen molar-refractivity contribution in [2.24, 2.45) is 23.0 Å². The van der Waals surface area contributed by atoms with Gasteiger partial charge in [-0.2, -0.15) is 0 Å². The van der Waals surface area contributed by atoms with Gasteiger partial charge in [0, 0.05) is 5.54 Å². The minimum atomic E-state index is -0.661. The van der Waals surface area contributed by atoms with Gasteiger partial charge in [0.1, 0.15) is 5.60 Å². The zero-order chi connectivity index (χ0) is 18.6. The van der Waals surface area contributed by atoms with E-state index in [0.29, 0.717) is 11.8 Å². The molecule has 1 saturated carbocycles. The molecule has 0 aromatic carbocycles. The van der Waals surface area contributed by atoms with Gasteiger partial charge in [-0.3, -0.25) is 4.79 Å². The number of esters is 1. The van der Waals surface area contributed by atoms with E-state index in [9.17, 15) is 4.79 Å². The fraction of sp³-hybridized carbons (Fsp3) is 0.952. The molecule has 1 aliphatic carbocycles. The Morgan fingerprint density at radius 3 is 1.96 bits per heavy atom. The predicted molar refractivity (Wildman–Crippen MR) is 102 cm³/mol. The molecule has 3 heteroatoms. The largest absolute Gasteiger partial charge is 0.458 e. The van der Waals surface area contributed by atoms with Crippen LogP contribution in [0.2, 0.25) is 0 Å². The molecular formula is C21H41NO2. The maximum atomic E-state index is 13.3. The maximum Gasteiger partial charge on any atom is 0.314 e. The molecule has 0 aromatic heterocycles. The Balaban J connectivity index is 3.08. The number of ether oxygens (including phenoxy) is 1. The molecule has 3 nitrogen and oxygen atoms in total. The Labute approximate surface area is 150 Å². The number of carbonyl (C=O) groups is 1. The standard InChI is InChI=1S/C21H41NO2/c1-8-21(9-2,17-13-11-10-12-14-17)24-18(23)20(7,15-16(3)4)19(5,6)22/h16-17H,8-15,22H2,1-7H3. The van der Waals surface area contributed by atoms with Gasteiger partial charge in [-0.05, 0) is 64.7 Å². The monoisotopic (exact) mass is 339 g/mol. The Morgan fingerprint density at radius 2 is 1.58 bits per heavy atom. The van der Waals surface area contributed by atoms with Crippen molar-refractivity contribution in [1.82, 2.24) is 0 Å². The molecule has 1 unspecified atom stereocenters. The fourth-order valence-corrected chi connectivity index (χ4v) is 4.41. The molecule has 1 rings (SSSR count). The summed E-state index contributed by atoms with van der Waals surface area (Å²) in [5, 5.41) is 0. The smallest absolute Gasteiger partial charge is 0.314 e. The van der Waals surface area contributed by atoms with Gasteiger partial charge in [0.2, 0.25) is 0 Å². The average Bonchev–Trinajstić information content (AvgIpc) is 2.51. The highest BCUT2D eigenvalue weighted by atomic mass is 16.6. The van der Waals surface area contributed by atoms with Crippen molar-refractivity contribution < 1.29 is 9.53 Å². The Hall–Kier alpha value is -0.570. The summed E-state index contributed by atoms with van der Waals surface area (Å²) >= 11 is 0. The van der Waals surface area contributed by atoms with Crippen molar-refractivity contribution in [3.63, 3.8) is 0 Å². The van der Waals surface area contributed by atoms with Crippen LogP contribution in [-0.4, -0.2) is 17.1 Å². The third kappa shape index (κ3) is 4.53. The van der Waals surface area contributed by atoms with Gasteiger partial charge in [-0.15, -0.1) is 0 Å². The predicted octanol–water partition coefficient (Wildman–Crippen LogP) is 5.46. The summed E-state index contributed by atoms with van der Waals surface area (Å²) < 4.78 is 6.35. The van der Waals surface area contributed by atoms with Crippen LogP contribution in [0.5, 0.6) is 0 Å². The molecule has 1 atom stereocenters. The molecule has 0 heterocycles. The van der Waals surface area contributed by atoms with Crippen LogP contribution in [0.3, 0.4) is 0 Å². The summed E-state index contributed by atoms with van der Waals surface area (Å²) in [6, 6.07) is 0. The summed E-state index contributed by atoms with van der Waals surface area (Å²) in [6.45, 7) is 14.5. The van der Waals surface area contributed by atoms with Crippen molar-refractivity contribution in [3.05, 3.63) is 0 Å². The van der Waals surface area contributed by atoms with Crippen molar-refractivity contribution in [3.8, 4) is 0 Å². The number of hydrogen-bond acceptors (Lipinski definition) is 3. The fourth-order valence-electron chi connectivity index (χ4n) is 4.41. The zero-order valence-electron chi connectivity index (χ0n) is 17.2. The van der Waals surface area contributed by atoms with Gasteiger partial charge in [0.05, 0.1) is 5.41 Å². The minimum absolute atomic E-state index is 0.0991. The topological polar surface area (TPSA) is 52.3 Å². The van der Waals surface area contributed by atoms with Crippen LogP contribution in [0, 0.1) is 17.3 Å². The normalized spacial score (nSPS) is 20.0. The molecule has 0 bridgehead atoms. The van der Waals surface area contributed by atoms with E-state index in [1.807, 2.05) is 20.8 Å². The summed E-state index contributed by atoms with van der Waals surface area (Å²) in [4.78, 5) is 13.3. The van der Waals surface area contributed by atoms with E-state index >= 15 is 0 Å². The lowest BCUT2D eigenvalue weighted by Crippen LogP contribution is -2.57. The number of nitrogens with two attached hydrogens (primary N) is 1. The zero-order valence-corrected chi connectivity index (χ0v) is 17.2. The molecule has 24 heavy (non-hydrogen) atoms. The first-order valence-electron chi connectivity index (χ1n) is 10.0. The average molecular weight is 340 g/mol. The van der Waals surface area contributed by atoms with Crippen LogP contribution in [0.4, 0.5) is 0 Å². The molecule has 142 valence electrons. The highest BCUT2D eigenvalue weighted by molar-refractivity contribution is 5.78. The highest BCUT2D eigenvalue weighted by Crippen LogP contribution is 2.44. The van der Waals surface area contributed by atoms with Gasteiger partial charge in [-0.1, -0.05) is 47.0 Å². The van der Waals surface area contributed by atoms with Crippen molar-refractivity contribution in [2.45, 2.75) is 111 Å². The van der Waals surface area contributed by atoms with Crippen LogP contribution in [0.1, 0.15) is 99.8 Å². The first-order valence-corrected chi connectivity index (χ1v) is 10.0. The maximum absolute atomic E-state index is 13.3. The second-order valence-electron chi connectivity index (χ2n) is 9.15. The van der Waals surface area contributed by atoms with E-state index in [4.69, 9.17) is 10.5 Å². The van der Waals surface area contributed by atoms with Crippen LogP contribution in [0.25, 0.3) is 0 Å². The quantitative estimate of drug-likeness (QED) is 0.597. The summed E-state index contributed by atoms with van der Waals surface area (Å²) in [6.07, 6.45) is 8.73. The lowest BCUT2D eigenvalue weighted by atomic mass is 9.68. The molecule has 0 aromatic rings. The van der Waals surface area contributed by atoms with Crippen LogP contribution in [0.15, 0.2) is 0 Å². The lowest BCUT2D eigenvalue weighted by Gasteiger charge is -2.46. The van der Waals surface area contributed by atoms with Crippen LogP contribution < -0.4 is 5.73 Å². The van der Waals surface area contributed by atoms with Gasteiger partial charge in [0.25, 0.3) is 0 Å². The second kappa shape index (κ2) is 8.21. The SMILES string of the molecule is CCC(CC)(OC(=O)C(C)(CC(C)C)C(C)(C)N)C1CCCCC1. The van der Waals surface area contributed by atoms with Crippen molar-refractivity contribution in [1.29, 1.82) is 0 Å². The summed E-state index contributed by atoms with van der Waals surface area (Å²) in [5.41, 5.74) is 4.86. The molecule has 2 N–H and O–H groups in total. The lowest BCUT2D eigenvalue weighted by molar-refractivity contribution is -0.186. The third-order valence-corrected chi connectivity index (χ3v) is 6.53. The summed E-state index contributed by atoms with van der Waals surface area (Å²) in [7, 11) is 0. The second-order valence-corrected chi connectivity index (χ2v) is 9.15. The number of hydrogen-bond donors (Lipinski definition) is 1. The van der Waals surface area contributed by atoms with Gasteiger partial charge >= 0.3 is 5.97 Å². The van der Waals surface area contributed by atoms with E-state index < -0.39 is 11.0 Å². The van der Waals surface area contributed by atoms with Gasteiger partial charge < -0.3 is 10.5 Å². The number of carbonyl (C=O) groups excluding carboxylic acids is 1. The molecule has 0 spiro atoms. The molecular weight excluding hydrogens is 298 g/mol.